The van der Waals surface area contributed by atoms with Gasteiger partial charge in [0, 0.05) is 96.3 Å². The first-order valence-corrected chi connectivity index (χ1v) is 79.6. The molecule has 126 heavy (non-hydrogen) atoms. The van der Waals surface area contributed by atoms with Crippen LogP contribution in [-0.4, -0.2) is 212 Å². The van der Waals surface area contributed by atoms with E-state index in [-0.39, 0.29) is 93.3 Å². The fourth-order valence-corrected chi connectivity index (χ4v) is 11.3. The molecule has 5 saturated heterocycles. The Hall–Kier alpha value is 1.14. The minimum Gasteiger partial charge on any atom is -0.553 e. The number of rotatable bonds is 19. The van der Waals surface area contributed by atoms with Crippen LogP contribution in [0.2, 0.25) is 0 Å². The molecule has 9 N–H and O–H groups in total. The van der Waals surface area contributed by atoms with E-state index in [1.54, 1.807) is 55.5 Å². The molecule has 5 fully saturated rings. The molecule has 0 amide bonds. The van der Waals surface area contributed by atoms with Crippen molar-refractivity contribution in [3.63, 3.8) is 0 Å². The second-order valence-corrected chi connectivity index (χ2v) is 109. The Kier molecular flexibility index (Phi) is 64.0. The van der Waals surface area contributed by atoms with E-state index in [4.69, 9.17) is 83.1 Å². The van der Waals surface area contributed by atoms with Crippen LogP contribution in [-0.2, 0) is 66.4 Å². The van der Waals surface area contributed by atoms with Gasteiger partial charge >= 0.3 is 90.2 Å². The van der Waals surface area contributed by atoms with Crippen LogP contribution in [0.5, 0.6) is 0 Å². The maximum Gasteiger partial charge on any atom is -0.0702 e. The van der Waals surface area contributed by atoms with Crippen LogP contribution in [0.1, 0.15) is 102 Å². The Morgan fingerprint density at radius 1 is 0.484 bits per heavy atom. The normalized spacial score (nSPS) is 24.4. The molecule has 5 aliphatic heterocycles. The van der Waals surface area contributed by atoms with Crippen molar-refractivity contribution in [2.24, 2.45) is 23.7 Å². The third-order valence-electron chi connectivity index (χ3n) is 16.9. The summed E-state index contributed by atoms with van der Waals surface area (Å²) in [7, 11) is 61.4. The number of aromatic amines is 5. The third kappa shape index (κ3) is 45.4. The van der Waals surface area contributed by atoms with E-state index in [2.05, 4.69) is 136 Å². The van der Waals surface area contributed by atoms with E-state index >= 15 is 0 Å². The predicted molar refractivity (Wildman–Crippen MR) is 548 cm³/mol. The maximum atomic E-state index is 12.5. The number of fused-ring (bicyclic) bond motifs is 1. The summed E-state index contributed by atoms with van der Waals surface area (Å²) in [5.74, 6) is -1.15. The van der Waals surface area contributed by atoms with Crippen LogP contribution in [0, 0.1) is 23.7 Å². The predicted octanol–water partition coefficient (Wildman–Crippen LogP) is 12.4. The fraction of sp³-hybridized carbons (Fsp3) is 0.530. The minimum absolute atomic E-state index is 0. The number of H-pyrrole nitrogens is 5. The molecular formula is C66H112Cl4N8O28P19Sn-3. The smallest absolute Gasteiger partial charge is 0.0702 e. The van der Waals surface area contributed by atoms with E-state index in [0.29, 0.717) is 11.1 Å². The first kappa shape index (κ1) is 125. The Labute approximate surface area is 784 Å². The summed E-state index contributed by atoms with van der Waals surface area (Å²) < 4.78 is 72.5. The molecular weight excluding hydrogens is 2200 g/mol. The van der Waals surface area contributed by atoms with Gasteiger partial charge in [-0.15, -0.1) is 87.3 Å². The summed E-state index contributed by atoms with van der Waals surface area (Å²) in [4.78, 5) is 136. The molecule has 714 valence electrons. The number of aliphatic hydroxyl groups is 4. The molecule has 0 saturated carbocycles. The zero-order valence-electron chi connectivity index (χ0n) is 70.1. The van der Waals surface area contributed by atoms with Crippen molar-refractivity contribution >= 4 is 226 Å². The molecule has 0 spiro atoms. The maximum absolute atomic E-state index is 12.5. The van der Waals surface area contributed by atoms with Crippen molar-refractivity contribution in [3.8, 4) is 0 Å². The summed E-state index contributed by atoms with van der Waals surface area (Å²) in [5, 5.41) is 38.6. The van der Waals surface area contributed by atoms with Crippen LogP contribution in [0.15, 0.2) is 148 Å². The van der Waals surface area contributed by atoms with E-state index in [1.165, 1.54) is 88.2 Å². The second-order valence-electron chi connectivity index (χ2n) is 26.9. The van der Waals surface area contributed by atoms with Gasteiger partial charge in [0.05, 0.1) is 35.5 Å². The van der Waals surface area contributed by atoms with E-state index in [9.17, 15) is 73.2 Å². The number of ether oxygens (including phenoxy) is 13. The number of carbonyl (C=O) groups is 3. The molecule has 4 aromatic heterocycles. The van der Waals surface area contributed by atoms with E-state index < -0.39 is 170 Å². The molecule has 0 radical (unpaired) electrons. The van der Waals surface area contributed by atoms with Gasteiger partial charge in [-0.2, -0.15) is 9.90 Å². The number of benzene rings is 2. The van der Waals surface area contributed by atoms with E-state index in [0.717, 1.165) is 16.8 Å². The molecule has 6 aromatic rings. The van der Waals surface area contributed by atoms with Gasteiger partial charge in [0.1, 0.15) is 36.6 Å². The number of methoxy groups -OCH3 is 4. The molecule has 5 aliphatic rings. The molecule has 2 aromatic carbocycles. The summed E-state index contributed by atoms with van der Waals surface area (Å²) in [6, 6.07) is 22.2. The van der Waals surface area contributed by atoms with Crippen molar-refractivity contribution in [1.29, 1.82) is 0 Å². The van der Waals surface area contributed by atoms with Crippen LogP contribution < -0.4 is 45.0 Å². The van der Waals surface area contributed by atoms with Crippen LogP contribution in [0.25, 0.3) is 0 Å². The van der Waals surface area contributed by atoms with Crippen LogP contribution in [0.3, 0.4) is 0 Å². The Morgan fingerprint density at radius 2 is 0.841 bits per heavy atom. The molecule has 60 heteroatoms. The number of hydrogen-bond donors (Lipinski definition) is 9. The summed E-state index contributed by atoms with van der Waals surface area (Å²) in [6.45, 7) is 15.3. The van der Waals surface area contributed by atoms with Gasteiger partial charge in [-0.1, -0.05) is 84.9 Å². The topological polar surface area (TPSA) is 482 Å². The number of nitrogens with one attached hydrogen (secondary N) is 5. The number of esters is 3. The Bertz CT molecular complexity index is 4590. The van der Waals surface area contributed by atoms with Crippen LogP contribution in [0.4, 0.5) is 0 Å². The number of carbonyl (C=O) groups excluding carboxylic acids is 3. The summed E-state index contributed by atoms with van der Waals surface area (Å²) >= 11 is -3.29. The van der Waals surface area contributed by atoms with Crippen molar-refractivity contribution < 1.29 is 96.4 Å². The van der Waals surface area contributed by atoms with Crippen LogP contribution >= 0.6 is 195 Å². The number of hydrogen-bond acceptors (Lipinski definition) is 28. The van der Waals surface area contributed by atoms with Gasteiger partial charge in [-0.25, -0.2) is 35.8 Å². The zero-order chi connectivity index (χ0) is 95.4. The SMILES string of the molecule is CC(=O)OC1O[C@H](C(C)C)[C@@H](C)[C@H]1OC(=O)c1ccccc1.CC(C)[C@H]1O[C@@H](n2ccc(=O)[nH]c2=O)[C@H](OC(=O)c2ccccc2)[C@@H]1C.COC(OC)OC.COC1O[C@H]2[C@@H](O1)[C@H](n1ccc(=O)[nH]c1=O)O[C@@H]2[C@H](C)O.C[C@H](O)[C@H]1O[C@@H](n2ccc(=O)[nH]c2=O)[C@H](O)[C@@H]1O.O=c1cc[nH]c(=O)[nH]1.P.PP(P)P(P)P.[Cl][Sn]([Cl])([Cl])[Cl].[PH-]P(P)P(P)P.[PH-]P([PH-])P(P)P. The first-order valence-electron chi connectivity index (χ1n) is 36.4. The molecule has 9 heterocycles. The summed E-state index contributed by atoms with van der Waals surface area (Å²) in [6.07, 6.45) is -7.42. The third-order valence-corrected chi connectivity index (χ3v) is 76.6. The van der Waals surface area contributed by atoms with Gasteiger partial charge in [-0.05, 0) is 63.9 Å². The van der Waals surface area contributed by atoms with Gasteiger partial charge < -0.3 is 121 Å². The van der Waals surface area contributed by atoms with Gasteiger partial charge in [-0.3, -0.25) is 57.6 Å². The average molecular weight is 2310 g/mol. The second kappa shape index (κ2) is 64.4. The van der Waals surface area contributed by atoms with Gasteiger partial charge in [0.25, 0.3) is 35.2 Å². The van der Waals surface area contributed by atoms with Crippen molar-refractivity contribution in [1.82, 2.24) is 38.6 Å². The van der Waals surface area contributed by atoms with Crippen molar-refractivity contribution in [3.05, 3.63) is 204 Å². The van der Waals surface area contributed by atoms with Crippen molar-refractivity contribution in [2.75, 3.05) is 28.4 Å². The molecule has 11 rings (SSSR count). The molecule has 36 nitrogen and oxygen atoms in total. The first-order chi connectivity index (χ1) is 58.3. The zero-order valence-corrected chi connectivity index (χ0v) is 96.2. The number of nitrogens with zero attached hydrogens (tertiary/aromatic N) is 3. The van der Waals surface area contributed by atoms with Gasteiger partial charge in [0.15, 0.2) is 30.9 Å². The molecule has 30 atom stereocenters. The average Bonchev–Trinajstić information content (AvgIpc) is 1.61. The quantitative estimate of drug-likeness (QED) is 0.0120. The fourth-order valence-electron chi connectivity index (χ4n) is 11.3. The van der Waals surface area contributed by atoms with E-state index in [1.807, 2.05) is 63.6 Å². The number of aliphatic hydroxyl groups excluding tert-OH is 4. The standard InChI is InChI=1S/C19H22N2O5.C17H22O5.C12H16N2O7.C10H14N2O6.C4H4N2O2.C4H10O3.4ClH.H8P6.H7P6.H6P6.H3P.Sn/c1-11(2)15-12(3)16(26-18(23)13-7-5-4-6-8-13)17(25-15)21-10-9-14(22)20-19(21)24;1-10(2)14-11(3)15(17(22-14)20-12(4)18)21-16(19)13-8-6-5-7-9-13;1-5(15)7-8-9(21-12(18-2)20-8)10(19-7)14-4-3-6(16)13-11(14)17;1-4(13)8-6(15)7(16)9(18-8)12-3-2-5(14)11-10(12)17;7-3-1-2-5-4(8)6-3;1-5-4(6-2)7-3;;;;;3*1-5(2)6(3)4;;/h4-12,15-17H,1-3H3,(H,20,22,24);5-11,14-15,17H,1-4H3;3-5,7-10,12,15H,1-2H3,(H,13,16,17);2-4,6-9,13,15-16H,1H3,(H,11,14,17);1-2H,(H2,5,6,7,8);4H,1-3H3;4*1H;1-4H2;1H,2-4H2;1-2H,3-4H2;1H3;/q;;;;;;;;;;;-1;-2;;+4/p-4/t12-,15-,16-,17-;11-,14-,15-,17?;5-,7+,8+,9+,10+,12?;4-,6-,7+,8+,9+;;;;;;;;;;;/m1100.........../s1. The number of aromatic nitrogens is 8. The number of halogens is 4. The molecule has 0 bridgehead atoms. The minimum atomic E-state index is -3.29. The molecule has 13 unspecified atom stereocenters. The van der Waals surface area contributed by atoms with Gasteiger partial charge in [0.2, 0.25) is 6.29 Å². The Balaban J connectivity index is 0.000000739. The van der Waals surface area contributed by atoms with Crippen molar-refractivity contribution in [2.45, 2.75) is 173 Å². The largest absolute Gasteiger partial charge is 0.553 e. The Morgan fingerprint density at radius 3 is 1.16 bits per heavy atom. The summed E-state index contributed by atoms with van der Waals surface area (Å²) in [5.41, 5.74) is -3.51. The monoisotopic (exact) mass is 2310 g/mol. The molecule has 0 aliphatic carbocycles.